The van der Waals surface area contributed by atoms with Crippen molar-refractivity contribution < 1.29 is 22.7 Å². The lowest BCUT2D eigenvalue weighted by molar-refractivity contribution is -0.152. The van der Waals surface area contributed by atoms with Gasteiger partial charge in [0.2, 0.25) is 10.0 Å². The van der Waals surface area contributed by atoms with Gasteiger partial charge in [0.05, 0.1) is 21.4 Å². The van der Waals surface area contributed by atoms with Crippen molar-refractivity contribution in [3.63, 3.8) is 0 Å². The number of esters is 1. The molecule has 0 radical (unpaired) electrons. The molecular formula is C20H20Cl2N2O5S. The van der Waals surface area contributed by atoms with Gasteiger partial charge in [-0.15, -0.1) is 0 Å². The van der Waals surface area contributed by atoms with Gasteiger partial charge in [-0.2, -0.15) is 4.31 Å². The van der Waals surface area contributed by atoms with Gasteiger partial charge in [0.1, 0.15) is 0 Å². The Kier molecular flexibility index (Phi) is 7.36. The molecule has 3 rings (SSSR count). The molecule has 7 nitrogen and oxygen atoms in total. The fourth-order valence-corrected chi connectivity index (χ4v) is 4.78. The molecule has 0 N–H and O–H groups in total. The normalized spacial score (nSPS) is 15.1. The predicted molar refractivity (Wildman–Crippen MR) is 113 cm³/mol. The molecule has 160 valence electrons. The molecule has 0 aliphatic carbocycles. The summed E-state index contributed by atoms with van der Waals surface area (Å²) in [5.74, 6) is -0.929. The van der Waals surface area contributed by atoms with Crippen LogP contribution in [-0.4, -0.2) is 62.3 Å². The van der Waals surface area contributed by atoms with Crippen LogP contribution in [0.15, 0.2) is 53.4 Å². The van der Waals surface area contributed by atoms with Crippen molar-refractivity contribution in [3.05, 3.63) is 64.1 Å². The number of ether oxygens (including phenoxy) is 1. The first-order chi connectivity index (χ1) is 14.3. The van der Waals surface area contributed by atoms with E-state index in [-0.39, 0.29) is 43.4 Å². The third kappa shape index (κ3) is 5.51. The van der Waals surface area contributed by atoms with Gasteiger partial charge >= 0.3 is 5.97 Å². The highest BCUT2D eigenvalue weighted by Crippen LogP contribution is 2.23. The molecular weight excluding hydrogens is 451 g/mol. The number of carbonyl (C=O) groups excluding carboxylic acids is 2. The van der Waals surface area contributed by atoms with E-state index in [4.69, 9.17) is 27.9 Å². The summed E-state index contributed by atoms with van der Waals surface area (Å²) >= 11 is 11.8. The molecule has 0 bridgehead atoms. The third-order valence-electron chi connectivity index (χ3n) is 4.66. The van der Waals surface area contributed by atoms with Crippen LogP contribution in [0.1, 0.15) is 5.56 Å². The van der Waals surface area contributed by atoms with Crippen LogP contribution in [0.3, 0.4) is 0 Å². The zero-order chi connectivity index (χ0) is 21.7. The van der Waals surface area contributed by atoms with E-state index in [1.807, 2.05) is 0 Å². The van der Waals surface area contributed by atoms with Crippen LogP contribution in [0.5, 0.6) is 0 Å². The summed E-state index contributed by atoms with van der Waals surface area (Å²) in [6.07, 6.45) is -0.0345. The van der Waals surface area contributed by atoms with Crippen molar-refractivity contribution >= 4 is 45.1 Å². The van der Waals surface area contributed by atoms with Crippen LogP contribution >= 0.6 is 23.2 Å². The maximum atomic E-state index is 12.6. The second kappa shape index (κ2) is 9.78. The molecule has 2 aromatic rings. The van der Waals surface area contributed by atoms with E-state index >= 15 is 0 Å². The molecule has 1 heterocycles. The smallest absolute Gasteiger partial charge is 0.310 e. The lowest BCUT2D eigenvalue weighted by Gasteiger charge is -2.33. The van der Waals surface area contributed by atoms with Crippen molar-refractivity contribution in [1.82, 2.24) is 9.21 Å². The zero-order valence-electron chi connectivity index (χ0n) is 16.0. The van der Waals surface area contributed by atoms with Gasteiger partial charge in [0.15, 0.2) is 6.61 Å². The average molecular weight is 471 g/mol. The van der Waals surface area contributed by atoms with E-state index < -0.39 is 22.6 Å². The van der Waals surface area contributed by atoms with E-state index in [0.717, 1.165) is 0 Å². The maximum Gasteiger partial charge on any atom is 0.310 e. The van der Waals surface area contributed by atoms with Gasteiger partial charge in [0.25, 0.3) is 5.91 Å². The van der Waals surface area contributed by atoms with E-state index in [2.05, 4.69) is 0 Å². The average Bonchev–Trinajstić information content (AvgIpc) is 2.75. The van der Waals surface area contributed by atoms with E-state index in [0.29, 0.717) is 15.6 Å². The molecule has 0 unspecified atom stereocenters. The van der Waals surface area contributed by atoms with Gasteiger partial charge in [0, 0.05) is 26.2 Å². The Hall–Kier alpha value is -2.13. The Morgan fingerprint density at radius 3 is 2.23 bits per heavy atom. The minimum Gasteiger partial charge on any atom is -0.455 e. The van der Waals surface area contributed by atoms with Gasteiger partial charge in [-0.1, -0.05) is 47.5 Å². The number of amides is 1. The number of hydrogen-bond donors (Lipinski definition) is 0. The molecule has 2 aromatic carbocycles. The molecule has 1 amide bonds. The summed E-state index contributed by atoms with van der Waals surface area (Å²) in [6.45, 7) is 0.427. The van der Waals surface area contributed by atoms with Crippen molar-refractivity contribution in [3.8, 4) is 0 Å². The predicted octanol–water partition coefficient (Wildman–Crippen LogP) is 2.61. The topological polar surface area (TPSA) is 84.0 Å². The number of benzene rings is 2. The van der Waals surface area contributed by atoms with Crippen LogP contribution in [0.4, 0.5) is 0 Å². The number of piperazine rings is 1. The van der Waals surface area contributed by atoms with E-state index in [9.17, 15) is 18.0 Å². The molecule has 10 heteroatoms. The van der Waals surface area contributed by atoms with Crippen LogP contribution in [0.25, 0.3) is 0 Å². The van der Waals surface area contributed by atoms with Gasteiger partial charge in [-0.25, -0.2) is 8.42 Å². The number of nitrogens with zero attached hydrogens (tertiary/aromatic N) is 2. The SMILES string of the molecule is O=C(Cc1ccc(Cl)c(Cl)c1)OCC(=O)N1CCN(S(=O)(=O)c2ccccc2)CC1. The number of sulfonamides is 1. The van der Waals surface area contributed by atoms with Crippen LogP contribution < -0.4 is 0 Å². The van der Waals surface area contributed by atoms with Crippen molar-refractivity contribution in [2.75, 3.05) is 32.8 Å². The maximum absolute atomic E-state index is 12.6. The third-order valence-corrected chi connectivity index (χ3v) is 7.31. The van der Waals surface area contributed by atoms with Crippen LogP contribution in [0, 0.1) is 0 Å². The lowest BCUT2D eigenvalue weighted by Crippen LogP contribution is -2.51. The fraction of sp³-hybridized carbons (Fsp3) is 0.300. The second-order valence-electron chi connectivity index (χ2n) is 6.68. The highest BCUT2D eigenvalue weighted by Gasteiger charge is 2.30. The van der Waals surface area contributed by atoms with Gasteiger partial charge in [-0.3, -0.25) is 9.59 Å². The molecule has 1 aliphatic heterocycles. The zero-order valence-corrected chi connectivity index (χ0v) is 18.3. The molecule has 0 atom stereocenters. The first-order valence-corrected chi connectivity index (χ1v) is 11.4. The summed E-state index contributed by atoms with van der Waals surface area (Å²) < 4.78 is 31.7. The monoisotopic (exact) mass is 470 g/mol. The van der Waals surface area contributed by atoms with Gasteiger partial charge < -0.3 is 9.64 Å². The summed E-state index contributed by atoms with van der Waals surface area (Å²) in [4.78, 5) is 26.0. The van der Waals surface area contributed by atoms with Crippen molar-refractivity contribution in [1.29, 1.82) is 0 Å². The summed E-state index contributed by atoms with van der Waals surface area (Å²) in [5.41, 5.74) is 0.626. The minimum atomic E-state index is -3.59. The molecule has 30 heavy (non-hydrogen) atoms. The minimum absolute atomic E-state index is 0.0345. The quantitative estimate of drug-likeness (QED) is 0.605. The number of hydrogen-bond acceptors (Lipinski definition) is 5. The molecule has 0 saturated carbocycles. The molecule has 1 saturated heterocycles. The highest BCUT2D eigenvalue weighted by atomic mass is 35.5. The Morgan fingerprint density at radius 1 is 0.933 bits per heavy atom. The molecule has 0 spiro atoms. The fourth-order valence-electron chi connectivity index (χ4n) is 3.02. The Morgan fingerprint density at radius 2 is 1.60 bits per heavy atom. The number of halogens is 2. The summed E-state index contributed by atoms with van der Waals surface area (Å²) in [5, 5.41) is 0.721. The highest BCUT2D eigenvalue weighted by molar-refractivity contribution is 7.89. The molecule has 0 aromatic heterocycles. The van der Waals surface area contributed by atoms with Crippen LogP contribution in [0.2, 0.25) is 10.0 Å². The lowest BCUT2D eigenvalue weighted by atomic mass is 10.1. The first-order valence-electron chi connectivity index (χ1n) is 9.20. The van der Waals surface area contributed by atoms with Crippen molar-refractivity contribution in [2.45, 2.75) is 11.3 Å². The van der Waals surface area contributed by atoms with E-state index in [1.165, 1.54) is 9.21 Å². The second-order valence-corrected chi connectivity index (χ2v) is 9.44. The Bertz CT molecular complexity index is 1020. The number of rotatable bonds is 6. The Balaban J connectivity index is 1.47. The summed E-state index contributed by atoms with van der Waals surface area (Å²) in [7, 11) is -3.59. The van der Waals surface area contributed by atoms with Crippen molar-refractivity contribution in [2.24, 2.45) is 0 Å². The Labute approximate surface area is 185 Å². The van der Waals surface area contributed by atoms with Gasteiger partial charge in [-0.05, 0) is 29.8 Å². The van der Waals surface area contributed by atoms with Crippen LogP contribution in [-0.2, 0) is 30.8 Å². The first kappa shape index (κ1) is 22.6. The summed E-state index contributed by atoms with van der Waals surface area (Å²) in [6, 6.07) is 13.0. The molecule has 1 aliphatic rings. The standard InChI is InChI=1S/C20H20Cl2N2O5S/c21-17-7-6-15(12-18(17)22)13-20(26)29-14-19(25)23-8-10-24(11-9-23)30(27,28)16-4-2-1-3-5-16/h1-7,12H,8-11,13-14H2. The van der Waals surface area contributed by atoms with E-state index in [1.54, 1.807) is 48.5 Å². The molecule has 1 fully saturated rings. The largest absolute Gasteiger partial charge is 0.455 e. The number of carbonyl (C=O) groups is 2.